The molecule has 0 spiro atoms. The molecule has 2 aromatic rings. The fourth-order valence-corrected chi connectivity index (χ4v) is 2.92. The monoisotopic (exact) mass is 302 g/mol. The zero-order chi connectivity index (χ0) is 15.5. The van der Waals surface area contributed by atoms with E-state index in [2.05, 4.69) is 15.2 Å². The summed E-state index contributed by atoms with van der Waals surface area (Å²) < 4.78 is 0. The molecule has 7 nitrogen and oxygen atoms in total. The van der Waals surface area contributed by atoms with Gasteiger partial charge in [-0.3, -0.25) is 9.78 Å². The number of likely N-dealkylation sites (tertiary alicyclic amines) is 1. The second-order valence-corrected chi connectivity index (χ2v) is 5.48. The highest BCUT2D eigenvalue weighted by Crippen LogP contribution is 2.28. The van der Waals surface area contributed by atoms with E-state index in [0.29, 0.717) is 13.0 Å². The summed E-state index contributed by atoms with van der Waals surface area (Å²) in [5, 5.41) is 16.2. The number of H-pyrrole nitrogens is 2. The molecule has 0 unspecified atom stereocenters. The Labute approximate surface area is 127 Å². The van der Waals surface area contributed by atoms with E-state index < -0.39 is 11.8 Å². The Balaban J connectivity index is 1.71. The van der Waals surface area contributed by atoms with Crippen LogP contribution in [-0.4, -0.2) is 43.7 Å². The minimum Gasteiger partial charge on any atom is -0.388 e. The predicted molar refractivity (Wildman–Crippen MR) is 79.3 cm³/mol. The smallest absolute Gasteiger partial charge is 0.341 e. The van der Waals surface area contributed by atoms with E-state index >= 15 is 0 Å². The lowest BCUT2D eigenvalue weighted by Gasteiger charge is -2.25. The Kier molecular flexibility index (Phi) is 4.06. The van der Waals surface area contributed by atoms with E-state index in [-0.39, 0.29) is 17.8 Å². The molecular weight excluding hydrogens is 284 g/mol. The van der Waals surface area contributed by atoms with Crippen LogP contribution in [0.4, 0.5) is 0 Å². The van der Waals surface area contributed by atoms with E-state index in [4.69, 9.17) is 0 Å². The van der Waals surface area contributed by atoms with Gasteiger partial charge in [0.15, 0.2) is 0 Å². The van der Waals surface area contributed by atoms with Crippen molar-refractivity contribution < 1.29 is 9.90 Å². The van der Waals surface area contributed by atoms with Crippen LogP contribution in [0.3, 0.4) is 0 Å². The summed E-state index contributed by atoms with van der Waals surface area (Å²) in [5.41, 5.74) is 0.346. The molecule has 1 aromatic heterocycles. The predicted octanol–water partition coefficient (Wildman–Crippen LogP) is 0.826. The van der Waals surface area contributed by atoms with Gasteiger partial charge in [-0.25, -0.2) is 9.89 Å². The minimum absolute atomic E-state index is 0.0195. The number of rotatable bonds is 4. The molecule has 7 heteroatoms. The summed E-state index contributed by atoms with van der Waals surface area (Å²) in [6.45, 7) is 0.611. The molecule has 2 atom stereocenters. The Morgan fingerprint density at radius 1 is 1.41 bits per heavy atom. The Morgan fingerprint density at radius 2 is 2.18 bits per heavy atom. The quantitative estimate of drug-likeness (QED) is 0.778. The summed E-state index contributed by atoms with van der Waals surface area (Å²) in [6.07, 6.45) is 1.58. The molecule has 116 valence electrons. The second-order valence-electron chi connectivity index (χ2n) is 5.48. The third kappa shape index (κ3) is 2.94. The van der Waals surface area contributed by atoms with Gasteiger partial charge >= 0.3 is 5.69 Å². The number of aromatic amines is 2. The molecule has 3 N–H and O–H groups in total. The van der Waals surface area contributed by atoms with Gasteiger partial charge in [0.05, 0.1) is 6.10 Å². The maximum absolute atomic E-state index is 12.4. The van der Waals surface area contributed by atoms with Crippen molar-refractivity contribution in [2.75, 3.05) is 6.54 Å². The number of benzene rings is 1. The van der Waals surface area contributed by atoms with Crippen molar-refractivity contribution in [1.29, 1.82) is 0 Å². The summed E-state index contributed by atoms with van der Waals surface area (Å²) in [6, 6.07) is 9.35. The first-order valence-electron chi connectivity index (χ1n) is 7.34. The maximum Gasteiger partial charge on any atom is 0.341 e. The lowest BCUT2D eigenvalue weighted by atomic mass is 10.0. The lowest BCUT2D eigenvalue weighted by molar-refractivity contribution is 0.0655. The summed E-state index contributed by atoms with van der Waals surface area (Å²) >= 11 is 0. The zero-order valence-corrected chi connectivity index (χ0v) is 12.0. The molecule has 1 aliphatic heterocycles. The molecule has 3 rings (SSSR count). The first-order valence-corrected chi connectivity index (χ1v) is 7.34. The molecule has 1 saturated heterocycles. The van der Waals surface area contributed by atoms with E-state index in [1.165, 1.54) is 0 Å². The third-order valence-electron chi connectivity index (χ3n) is 4.02. The van der Waals surface area contributed by atoms with Crippen molar-refractivity contribution in [2.45, 2.75) is 31.4 Å². The van der Waals surface area contributed by atoms with E-state index in [1.807, 2.05) is 30.3 Å². The number of hydrogen-bond donors (Lipinski definition) is 3. The third-order valence-corrected chi connectivity index (χ3v) is 4.02. The van der Waals surface area contributed by atoms with Gasteiger partial charge in [-0.2, -0.15) is 0 Å². The Hall–Kier alpha value is -2.41. The summed E-state index contributed by atoms with van der Waals surface area (Å²) in [7, 11) is 0. The fraction of sp³-hybridized carbons (Fsp3) is 0.400. The van der Waals surface area contributed by atoms with Crippen molar-refractivity contribution in [3.8, 4) is 0 Å². The number of carbonyl (C=O) groups excluding carboxylic acids is 1. The standard InChI is InChI=1S/C15H18N4O3/c20-12(10-5-2-1-3-6-10)9-11-7-4-8-19(11)14(21)13-16-15(22)18-17-13/h1-3,5-6,11-12,20H,4,7-9H2,(H2,16,17,18,22)/t11-,12-/m1/s1. The van der Waals surface area contributed by atoms with Crippen LogP contribution in [-0.2, 0) is 0 Å². The lowest BCUT2D eigenvalue weighted by Crippen LogP contribution is -2.37. The van der Waals surface area contributed by atoms with Crippen molar-refractivity contribution in [3.63, 3.8) is 0 Å². The van der Waals surface area contributed by atoms with E-state index in [9.17, 15) is 14.7 Å². The first kappa shape index (κ1) is 14.5. The fourth-order valence-electron chi connectivity index (χ4n) is 2.92. The van der Waals surface area contributed by atoms with Gasteiger partial charge in [-0.1, -0.05) is 30.3 Å². The average Bonchev–Trinajstić information content (AvgIpc) is 3.16. The SMILES string of the molecule is O=C(c1n[nH]c(=O)[nH]1)N1CCC[C@@H]1C[C@@H](O)c1ccccc1. The Morgan fingerprint density at radius 3 is 2.86 bits per heavy atom. The maximum atomic E-state index is 12.4. The van der Waals surface area contributed by atoms with Crippen LogP contribution in [0.2, 0.25) is 0 Å². The molecule has 1 aliphatic rings. The number of aliphatic hydroxyl groups is 1. The Bertz CT molecular complexity index is 694. The summed E-state index contributed by atoms with van der Waals surface area (Å²) in [4.78, 5) is 27.5. The molecule has 0 bridgehead atoms. The highest BCUT2D eigenvalue weighted by molar-refractivity contribution is 5.90. The number of amides is 1. The van der Waals surface area contributed by atoms with E-state index in [1.54, 1.807) is 4.90 Å². The molecule has 0 radical (unpaired) electrons. The van der Waals surface area contributed by atoms with Gasteiger partial charge in [0.1, 0.15) is 0 Å². The second kappa shape index (κ2) is 6.15. The molecular formula is C15H18N4O3. The minimum atomic E-state index is -0.613. The number of nitrogens with one attached hydrogen (secondary N) is 2. The van der Waals surface area contributed by atoms with Gasteiger partial charge in [-0.15, -0.1) is 5.10 Å². The van der Waals surface area contributed by atoms with Crippen molar-refractivity contribution in [1.82, 2.24) is 20.1 Å². The van der Waals surface area contributed by atoms with Crippen molar-refractivity contribution >= 4 is 5.91 Å². The number of aliphatic hydroxyl groups excluding tert-OH is 1. The number of nitrogens with zero attached hydrogens (tertiary/aromatic N) is 2. The largest absolute Gasteiger partial charge is 0.388 e. The highest BCUT2D eigenvalue weighted by Gasteiger charge is 2.32. The molecule has 2 heterocycles. The first-order chi connectivity index (χ1) is 10.6. The van der Waals surface area contributed by atoms with E-state index in [0.717, 1.165) is 18.4 Å². The molecule has 0 aliphatic carbocycles. The molecule has 1 fully saturated rings. The van der Waals surface area contributed by atoms with Crippen LogP contribution in [0.5, 0.6) is 0 Å². The van der Waals surface area contributed by atoms with Gasteiger partial charge in [0.2, 0.25) is 5.82 Å². The van der Waals surface area contributed by atoms with Gasteiger partial charge < -0.3 is 10.0 Å². The molecule has 1 aromatic carbocycles. The molecule has 22 heavy (non-hydrogen) atoms. The zero-order valence-electron chi connectivity index (χ0n) is 12.0. The number of hydrogen-bond acceptors (Lipinski definition) is 4. The van der Waals surface area contributed by atoms with Crippen LogP contribution in [0, 0.1) is 0 Å². The van der Waals surface area contributed by atoms with Gasteiger partial charge in [-0.05, 0) is 24.8 Å². The molecule has 0 saturated carbocycles. The van der Waals surface area contributed by atoms with Crippen molar-refractivity contribution in [2.24, 2.45) is 0 Å². The van der Waals surface area contributed by atoms with Gasteiger partial charge in [0.25, 0.3) is 5.91 Å². The van der Waals surface area contributed by atoms with Crippen molar-refractivity contribution in [3.05, 3.63) is 52.2 Å². The van der Waals surface area contributed by atoms with Crippen LogP contribution < -0.4 is 5.69 Å². The average molecular weight is 302 g/mol. The molecule has 1 amide bonds. The van der Waals surface area contributed by atoms with Crippen LogP contribution in [0.25, 0.3) is 0 Å². The van der Waals surface area contributed by atoms with Crippen LogP contribution in [0.1, 0.15) is 41.5 Å². The van der Waals surface area contributed by atoms with Crippen LogP contribution >= 0.6 is 0 Å². The highest BCUT2D eigenvalue weighted by atomic mass is 16.3. The number of carbonyl (C=O) groups is 1. The van der Waals surface area contributed by atoms with Gasteiger partial charge in [0, 0.05) is 12.6 Å². The normalized spacial score (nSPS) is 19.3. The summed E-state index contributed by atoms with van der Waals surface area (Å²) in [5.74, 6) is -0.285. The van der Waals surface area contributed by atoms with Crippen LogP contribution in [0.15, 0.2) is 35.1 Å². The number of aromatic nitrogens is 3. The topological polar surface area (TPSA) is 102 Å².